The standard InChI is InChI=1S/C16H36N.Mn.H2O.3O/c1-5-9-13-17(14-10-6-2,15-11-7-3)16-12-8-4;;;;;/h5-16H2,1-4H3;;1H2;;;/q2*+1;;;;/p-1. The van der Waals surface area contributed by atoms with Crippen LogP contribution in [0, 0.1) is 0 Å². The monoisotopic (exact) mass is 362 g/mol. The molecule has 0 saturated heterocycles. The van der Waals surface area contributed by atoms with E-state index >= 15 is 0 Å². The number of quaternary nitrogens is 1. The zero-order valence-electron chi connectivity index (χ0n) is 15.0. The van der Waals surface area contributed by atoms with Crippen LogP contribution in [0.1, 0.15) is 79.1 Å². The molecule has 0 rings (SSSR count). The van der Waals surface area contributed by atoms with E-state index < -0.39 is 13.0 Å². The molecule has 0 unspecified atom stereocenters. The molecule has 0 aromatic carbocycles. The van der Waals surface area contributed by atoms with Gasteiger partial charge in [-0.2, -0.15) is 0 Å². The number of rotatable bonds is 12. The first-order valence-electron chi connectivity index (χ1n) is 8.73. The molecule has 0 amide bonds. The molecule has 0 saturated carbocycles. The van der Waals surface area contributed by atoms with Gasteiger partial charge in [-0.05, 0) is 25.7 Å². The number of hydrogen-bond donors (Lipinski definition) is 1. The van der Waals surface area contributed by atoms with Crippen LogP contribution in [0.5, 0.6) is 0 Å². The van der Waals surface area contributed by atoms with Crippen LogP contribution in [-0.2, 0) is 24.5 Å². The first kappa shape index (κ1) is 24.1. The molecule has 0 fully saturated rings. The zero-order chi connectivity index (χ0) is 17.5. The van der Waals surface area contributed by atoms with Gasteiger partial charge < -0.3 is 4.48 Å². The second-order valence-electron chi connectivity index (χ2n) is 6.05. The Kier molecular flexibility index (Phi) is 15.8. The van der Waals surface area contributed by atoms with Gasteiger partial charge >= 0.3 is 28.7 Å². The number of hydrogen-bond acceptors (Lipinski definition) is 3. The molecule has 0 aromatic heterocycles. The predicted molar refractivity (Wildman–Crippen MR) is 83.6 cm³/mol. The van der Waals surface area contributed by atoms with Crippen molar-refractivity contribution < 1.29 is 33.1 Å². The molecule has 0 radical (unpaired) electrons. The molecule has 0 aliphatic heterocycles. The first-order valence-corrected chi connectivity index (χ1v) is 10.7. The SMILES string of the molecule is CCCC[N+](CCCC)(CCCC)CCCC.[O]=[Mn](=[O])(=[O])[OH]. The van der Waals surface area contributed by atoms with Crippen molar-refractivity contribution in [1.82, 2.24) is 0 Å². The van der Waals surface area contributed by atoms with Crippen molar-refractivity contribution in [3.63, 3.8) is 0 Å². The summed E-state index contributed by atoms with van der Waals surface area (Å²) in [6.07, 6.45) is 11.1. The van der Waals surface area contributed by atoms with Crippen molar-refractivity contribution in [1.29, 1.82) is 0 Å². The van der Waals surface area contributed by atoms with Gasteiger partial charge in [-0.1, -0.05) is 53.4 Å². The molecule has 0 atom stereocenters. The van der Waals surface area contributed by atoms with Gasteiger partial charge in [-0.15, -0.1) is 0 Å². The zero-order valence-corrected chi connectivity index (χ0v) is 16.2. The molecular weight excluding hydrogens is 325 g/mol. The van der Waals surface area contributed by atoms with Gasteiger partial charge in [0.1, 0.15) is 0 Å². The summed E-state index contributed by atoms with van der Waals surface area (Å²) >= 11 is -5.38. The fourth-order valence-corrected chi connectivity index (χ4v) is 2.64. The molecule has 22 heavy (non-hydrogen) atoms. The van der Waals surface area contributed by atoms with Crippen LogP contribution in [0.25, 0.3) is 0 Å². The van der Waals surface area contributed by atoms with Crippen molar-refractivity contribution in [2.75, 3.05) is 26.2 Å². The topological polar surface area (TPSA) is 71.4 Å². The molecule has 136 valence electrons. The Balaban J connectivity index is 0. The molecule has 0 aromatic rings. The molecule has 0 aliphatic rings. The van der Waals surface area contributed by atoms with Gasteiger partial charge in [-0.25, -0.2) is 0 Å². The van der Waals surface area contributed by atoms with E-state index in [4.69, 9.17) is 15.7 Å². The van der Waals surface area contributed by atoms with Crippen molar-refractivity contribution in [2.45, 2.75) is 79.1 Å². The maximum absolute atomic E-state index is 8.69. The summed E-state index contributed by atoms with van der Waals surface area (Å²) in [5, 5.41) is 0. The third kappa shape index (κ3) is 17.9. The van der Waals surface area contributed by atoms with Crippen molar-refractivity contribution in [3.8, 4) is 0 Å². The second-order valence-corrected chi connectivity index (χ2v) is 7.28. The van der Waals surface area contributed by atoms with Crippen molar-refractivity contribution >= 4 is 0 Å². The molecule has 0 spiro atoms. The average Bonchev–Trinajstić information content (AvgIpc) is 2.44. The number of unbranched alkanes of at least 4 members (excludes halogenated alkanes) is 4. The minimum atomic E-state index is -5.38. The number of nitrogens with zero attached hydrogens (tertiary/aromatic N) is 1. The van der Waals surface area contributed by atoms with Gasteiger partial charge in [0.2, 0.25) is 0 Å². The second kappa shape index (κ2) is 14.4. The Labute approximate surface area is 138 Å². The average molecular weight is 362 g/mol. The van der Waals surface area contributed by atoms with Crippen molar-refractivity contribution in [3.05, 3.63) is 0 Å². The predicted octanol–water partition coefficient (Wildman–Crippen LogP) is 4.09. The van der Waals surface area contributed by atoms with Crippen LogP contribution < -0.4 is 0 Å². The third-order valence-electron chi connectivity index (χ3n) is 3.94. The maximum atomic E-state index is 8.69. The summed E-state index contributed by atoms with van der Waals surface area (Å²) in [6.45, 7) is 15.0. The van der Waals surface area contributed by atoms with Crippen LogP contribution in [0.4, 0.5) is 0 Å². The normalized spacial score (nSPS) is 11.9. The summed E-state index contributed by atoms with van der Waals surface area (Å²) in [5.41, 5.74) is 0. The molecule has 6 heteroatoms. The Morgan fingerprint density at radius 1 is 0.636 bits per heavy atom. The van der Waals surface area contributed by atoms with E-state index in [2.05, 4.69) is 27.7 Å². The van der Waals surface area contributed by atoms with E-state index in [1.54, 1.807) is 0 Å². The van der Waals surface area contributed by atoms with Gasteiger partial charge in [0.25, 0.3) is 0 Å². The third-order valence-corrected chi connectivity index (χ3v) is 3.94. The van der Waals surface area contributed by atoms with E-state index in [0.29, 0.717) is 0 Å². The molecule has 0 heterocycles. The fourth-order valence-electron chi connectivity index (χ4n) is 2.64. The Morgan fingerprint density at radius 2 is 0.818 bits per heavy atom. The fraction of sp³-hybridized carbons (Fsp3) is 1.00. The summed E-state index contributed by atoms with van der Waals surface area (Å²) in [6, 6.07) is 0. The van der Waals surface area contributed by atoms with Gasteiger partial charge in [0, 0.05) is 0 Å². The summed E-state index contributed by atoms with van der Waals surface area (Å²) in [5.74, 6) is 0. The molecule has 1 N–H and O–H groups in total. The molecule has 0 bridgehead atoms. The van der Waals surface area contributed by atoms with Gasteiger partial charge in [0.15, 0.2) is 0 Å². The van der Waals surface area contributed by atoms with Crippen LogP contribution >= 0.6 is 0 Å². The minimum absolute atomic E-state index is 1.35. The molecular formula is C16H37MnNO4+. The quantitative estimate of drug-likeness (QED) is 0.419. The Bertz CT molecular complexity index is 336. The Morgan fingerprint density at radius 3 is 0.955 bits per heavy atom. The summed E-state index contributed by atoms with van der Waals surface area (Å²) in [4.78, 5) is 0. The van der Waals surface area contributed by atoms with Crippen LogP contribution in [0.15, 0.2) is 0 Å². The summed E-state index contributed by atoms with van der Waals surface area (Å²) in [7, 11) is 0. The van der Waals surface area contributed by atoms with E-state index in [1.165, 1.54) is 82.0 Å². The van der Waals surface area contributed by atoms with Gasteiger partial charge in [-0.3, -0.25) is 0 Å². The molecule has 0 aliphatic carbocycles. The van der Waals surface area contributed by atoms with E-state index in [1.807, 2.05) is 0 Å². The summed E-state index contributed by atoms with van der Waals surface area (Å²) < 4.78 is 34.5. The van der Waals surface area contributed by atoms with E-state index in [0.717, 1.165) is 0 Å². The molecule has 5 nitrogen and oxygen atoms in total. The Hall–Kier alpha value is -0.161. The first-order chi connectivity index (χ1) is 10.2. The van der Waals surface area contributed by atoms with Crippen LogP contribution in [0.2, 0.25) is 0 Å². The van der Waals surface area contributed by atoms with E-state index in [-0.39, 0.29) is 0 Å². The van der Waals surface area contributed by atoms with E-state index in [9.17, 15) is 0 Å². The van der Waals surface area contributed by atoms with Gasteiger partial charge in [0.05, 0.1) is 26.2 Å². The van der Waals surface area contributed by atoms with Crippen LogP contribution in [-0.4, -0.2) is 34.9 Å². The van der Waals surface area contributed by atoms with Crippen molar-refractivity contribution in [2.24, 2.45) is 0 Å². The van der Waals surface area contributed by atoms with Crippen LogP contribution in [0.3, 0.4) is 0 Å².